The number of hydrogen-bond acceptors (Lipinski definition) is 5. The lowest BCUT2D eigenvalue weighted by molar-refractivity contribution is 0.558. The molecule has 4 nitrogen and oxygen atoms in total. The van der Waals surface area contributed by atoms with Gasteiger partial charge in [-0.25, -0.2) is 0 Å². The molecule has 0 saturated carbocycles. The van der Waals surface area contributed by atoms with Crippen molar-refractivity contribution in [2.75, 3.05) is 0 Å². The first-order valence-corrected chi connectivity index (χ1v) is 4.63. The second kappa shape index (κ2) is 3.68. The standard InChI is InChI=1S/C8H9N3OS/c9-8(6-1-2-12-5-6)3-7-4-10-13-11-7/h1-2,4-5,8H,3,9H2. The molecule has 2 N–H and O–H groups in total. The van der Waals surface area contributed by atoms with Crippen LogP contribution >= 0.6 is 11.7 Å². The average Bonchev–Trinajstić information content (AvgIpc) is 2.74. The van der Waals surface area contributed by atoms with Crippen LogP contribution in [0.25, 0.3) is 0 Å². The van der Waals surface area contributed by atoms with Crippen LogP contribution in [0.3, 0.4) is 0 Å². The summed E-state index contributed by atoms with van der Waals surface area (Å²) in [6, 6.07) is 1.81. The van der Waals surface area contributed by atoms with Crippen molar-refractivity contribution in [1.29, 1.82) is 0 Å². The van der Waals surface area contributed by atoms with Crippen molar-refractivity contribution in [3.05, 3.63) is 36.0 Å². The fraction of sp³-hybridized carbons (Fsp3) is 0.250. The molecule has 1 unspecified atom stereocenters. The van der Waals surface area contributed by atoms with Crippen LogP contribution in [0.2, 0.25) is 0 Å². The van der Waals surface area contributed by atoms with Crippen LogP contribution in [0, 0.1) is 0 Å². The maximum Gasteiger partial charge on any atom is 0.0950 e. The van der Waals surface area contributed by atoms with E-state index in [1.165, 1.54) is 11.7 Å². The van der Waals surface area contributed by atoms with Crippen molar-refractivity contribution in [3.8, 4) is 0 Å². The van der Waals surface area contributed by atoms with Crippen LogP contribution in [-0.2, 0) is 6.42 Å². The maximum atomic E-state index is 5.91. The van der Waals surface area contributed by atoms with Crippen molar-refractivity contribution in [2.45, 2.75) is 12.5 Å². The lowest BCUT2D eigenvalue weighted by Crippen LogP contribution is -2.12. The van der Waals surface area contributed by atoms with Gasteiger partial charge in [-0.15, -0.1) is 0 Å². The van der Waals surface area contributed by atoms with Crippen LogP contribution in [-0.4, -0.2) is 8.75 Å². The zero-order valence-corrected chi connectivity index (χ0v) is 7.70. The number of rotatable bonds is 3. The smallest absolute Gasteiger partial charge is 0.0950 e. The van der Waals surface area contributed by atoms with Gasteiger partial charge in [0.15, 0.2) is 0 Å². The molecule has 5 heteroatoms. The van der Waals surface area contributed by atoms with Gasteiger partial charge in [0.05, 0.1) is 36.1 Å². The van der Waals surface area contributed by atoms with E-state index in [9.17, 15) is 0 Å². The Bertz CT molecular complexity index is 343. The fourth-order valence-corrected chi connectivity index (χ4v) is 1.55. The molecule has 2 rings (SSSR count). The van der Waals surface area contributed by atoms with Gasteiger partial charge in [0.2, 0.25) is 0 Å². The third kappa shape index (κ3) is 1.93. The van der Waals surface area contributed by atoms with Crippen LogP contribution in [0.15, 0.2) is 29.2 Å². The molecule has 0 radical (unpaired) electrons. The van der Waals surface area contributed by atoms with Crippen LogP contribution < -0.4 is 5.73 Å². The van der Waals surface area contributed by atoms with Crippen LogP contribution in [0.1, 0.15) is 17.3 Å². The molecule has 13 heavy (non-hydrogen) atoms. The van der Waals surface area contributed by atoms with Gasteiger partial charge < -0.3 is 10.2 Å². The normalized spacial score (nSPS) is 13.0. The zero-order valence-electron chi connectivity index (χ0n) is 6.88. The molecule has 0 amide bonds. The molecular formula is C8H9N3OS. The van der Waals surface area contributed by atoms with Gasteiger partial charge in [-0.3, -0.25) is 0 Å². The molecule has 0 aliphatic carbocycles. The van der Waals surface area contributed by atoms with E-state index in [2.05, 4.69) is 8.75 Å². The highest BCUT2D eigenvalue weighted by Gasteiger charge is 2.09. The Hall–Kier alpha value is -1.20. The highest BCUT2D eigenvalue weighted by Crippen LogP contribution is 2.14. The predicted octanol–water partition coefficient (Wildman–Crippen LogP) is 1.37. The number of hydrogen-bond donors (Lipinski definition) is 1. The molecule has 0 aliphatic heterocycles. The molecule has 0 aliphatic rings. The molecule has 1 atom stereocenters. The Balaban J connectivity index is 2.04. The Kier molecular flexibility index (Phi) is 2.37. The predicted molar refractivity (Wildman–Crippen MR) is 49.2 cm³/mol. The number of aromatic nitrogens is 2. The summed E-state index contributed by atoms with van der Waals surface area (Å²) in [5.41, 5.74) is 7.83. The summed E-state index contributed by atoms with van der Waals surface area (Å²) < 4.78 is 12.9. The third-order valence-corrected chi connectivity index (χ3v) is 2.32. The Morgan fingerprint density at radius 1 is 1.62 bits per heavy atom. The zero-order chi connectivity index (χ0) is 9.10. The number of nitrogens with zero attached hydrogens (tertiary/aromatic N) is 2. The maximum absolute atomic E-state index is 5.91. The lowest BCUT2D eigenvalue weighted by atomic mass is 10.1. The topological polar surface area (TPSA) is 64.9 Å². The fourth-order valence-electron chi connectivity index (χ4n) is 1.10. The first kappa shape index (κ1) is 8.40. The summed E-state index contributed by atoms with van der Waals surface area (Å²) in [7, 11) is 0. The minimum atomic E-state index is -0.0531. The first-order valence-electron chi connectivity index (χ1n) is 3.90. The van der Waals surface area contributed by atoms with Crippen LogP contribution in [0.5, 0.6) is 0 Å². The van der Waals surface area contributed by atoms with Crippen molar-refractivity contribution in [3.63, 3.8) is 0 Å². The Morgan fingerprint density at radius 3 is 3.15 bits per heavy atom. The van der Waals surface area contributed by atoms with E-state index in [0.717, 1.165) is 11.3 Å². The molecule has 0 fully saturated rings. The summed E-state index contributed by atoms with van der Waals surface area (Å²) in [5.74, 6) is 0. The number of nitrogens with two attached hydrogens (primary N) is 1. The number of furan rings is 1. The molecule has 0 spiro atoms. The SMILES string of the molecule is NC(Cc1cnsn1)c1ccoc1. The molecule has 2 aromatic rings. The van der Waals surface area contributed by atoms with Crippen molar-refractivity contribution in [2.24, 2.45) is 5.73 Å². The van der Waals surface area contributed by atoms with Gasteiger partial charge in [0, 0.05) is 18.0 Å². The summed E-state index contributed by atoms with van der Waals surface area (Å²) in [6.07, 6.45) is 5.72. The van der Waals surface area contributed by atoms with Crippen molar-refractivity contribution >= 4 is 11.7 Å². The minimum absolute atomic E-state index is 0.0531. The molecular weight excluding hydrogens is 186 g/mol. The monoisotopic (exact) mass is 195 g/mol. The summed E-state index contributed by atoms with van der Waals surface area (Å²) >= 11 is 1.20. The lowest BCUT2D eigenvalue weighted by Gasteiger charge is -2.05. The highest BCUT2D eigenvalue weighted by atomic mass is 32.1. The van der Waals surface area contributed by atoms with E-state index < -0.39 is 0 Å². The van der Waals surface area contributed by atoms with Crippen LogP contribution in [0.4, 0.5) is 0 Å². The molecule has 0 saturated heterocycles. The van der Waals surface area contributed by atoms with E-state index >= 15 is 0 Å². The van der Waals surface area contributed by atoms with E-state index in [-0.39, 0.29) is 6.04 Å². The van der Waals surface area contributed by atoms with Gasteiger partial charge in [-0.2, -0.15) is 8.75 Å². The quantitative estimate of drug-likeness (QED) is 0.803. The molecule has 2 aromatic heterocycles. The van der Waals surface area contributed by atoms with Gasteiger partial charge in [-0.05, 0) is 6.07 Å². The van der Waals surface area contributed by atoms with Gasteiger partial charge >= 0.3 is 0 Å². The van der Waals surface area contributed by atoms with Crippen molar-refractivity contribution in [1.82, 2.24) is 8.75 Å². The highest BCUT2D eigenvalue weighted by molar-refractivity contribution is 6.99. The summed E-state index contributed by atoms with van der Waals surface area (Å²) in [5, 5.41) is 0. The average molecular weight is 195 g/mol. The molecule has 2 heterocycles. The second-order valence-electron chi connectivity index (χ2n) is 2.77. The van der Waals surface area contributed by atoms with E-state index in [1.807, 2.05) is 6.07 Å². The minimum Gasteiger partial charge on any atom is -0.472 e. The van der Waals surface area contributed by atoms with Gasteiger partial charge in [0.25, 0.3) is 0 Å². The first-order chi connectivity index (χ1) is 6.36. The molecule has 0 bridgehead atoms. The Labute approximate surface area is 79.7 Å². The summed E-state index contributed by atoms with van der Waals surface area (Å²) in [6.45, 7) is 0. The van der Waals surface area contributed by atoms with Gasteiger partial charge in [-0.1, -0.05) is 0 Å². The van der Waals surface area contributed by atoms with Gasteiger partial charge in [0.1, 0.15) is 0 Å². The van der Waals surface area contributed by atoms with Crippen molar-refractivity contribution < 1.29 is 4.42 Å². The summed E-state index contributed by atoms with van der Waals surface area (Å²) in [4.78, 5) is 0. The Morgan fingerprint density at radius 2 is 2.54 bits per heavy atom. The third-order valence-electron chi connectivity index (χ3n) is 1.81. The van der Waals surface area contributed by atoms with E-state index in [0.29, 0.717) is 6.42 Å². The largest absolute Gasteiger partial charge is 0.472 e. The molecule has 68 valence electrons. The second-order valence-corrected chi connectivity index (χ2v) is 3.32. The van der Waals surface area contributed by atoms with E-state index in [4.69, 9.17) is 10.2 Å². The van der Waals surface area contributed by atoms with E-state index in [1.54, 1.807) is 18.7 Å². The molecule has 0 aromatic carbocycles.